The quantitative estimate of drug-likeness (QED) is 0.204. The van der Waals surface area contributed by atoms with Gasteiger partial charge in [0.1, 0.15) is 23.7 Å². The maximum absolute atomic E-state index is 13.6. The third-order valence-electron chi connectivity index (χ3n) is 8.11. The Morgan fingerprint density at radius 3 is 2.64 bits per heavy atom. The molecule has 0 radical (unpaired) electrons. The molecule has 3 aliphatic rings. The molecule has 2 aromatic rings. The number of fused-ring (bicyclic) bond motifs is 4. The van der Waals surface area contributed by atoms with Crippen LogP contribution in [0.3, 0.4) is 0 Å². The zero-order valence-electron chi connectivity index (χ0n) is 22.6. The van der Waals surface area contributed by atoms with E-state index < -0.39 is 17.5 Å². The lowest BCUT2D eigenvalue weighted by Crippen LogP contribution is -2.35. The molecule has 2 bridgehead atoms. The molecule has 0 spiro atoms. The summed E-state index contributed by atoms with van der Waals surface area (Å²) in [4.78, 5) is 26.9. The predicted molar refractivity (Wildman–Crippen MR) is 150 cm³/mol. The monoisotopic (exact) mass is 618 g/mol. The van der Waals surface area contributed by atoms with E-state index in [-0.39, 0.29) is 53.0 Å². The summed E-state index contributed by atoms with van der Waals surface area (Å²) < 4.78 is 24.2. The van der Waals surface area contributed by atoms with Crippen LogP contribution in [-0.4, -0.2) is 24.2 Å². The maximum Gasteiger partial charge on any atom is 0.346 e. The number of carbonyl (C=O) groups is 2. The highest BCUT2D eigenvalue weighted by atomic mass is 79.9. The van der Waals surface area contributed by atoms with E-state index in [1.165, 1.54) is 7.11 Å². The van der Waals surface area contributed by atoms with Gasteiger partial charge in [0.25, 0.3) is 0 Å². The number of hydrogen-bond acceptors (Lipinski definition) is 7. The van der Waals surface area contributed by atoms with Crippen molar-refractivity contribution >= 4 is 39.5 Å². The molecule has 1 fully saturated rings. The van der Waals surface area contributed by atoms with Gasteiger partial charge in [0.2, 0.25) is 0 Å². The second kappa shape index (κ2) is 10.5. The second-order valence-electron chi connectivity index (χ2n) is 11.3. The minimum atomic E-state index is -0.852. The Morgan fingerprint density at radius 2 is 2.03 bits per heavy atom. The first-order valence-corrected chi connectivity index (χ1v) is 14.3. The van der Waals surface area contributed by atoms with Crippen molar-refractivity contribution in [1.82, 2.24) is 0 Å². The molecular formula is C30H32BrClO7. The molecule has 2 aromatic carbocycles. The standard InChI is InChI=1S/C30H32BrClO7/c1-14(2)10-20(33)18-8-9-21-22(25(18)36-5)28(34)37-13-19-24(32)15(3)23(31)27(26(19)38-21)39-29(35)30(4)12-16-6-7-17(30)11-16/h6-9,14,16-17,20,33H,10-13H2,1-5H3/t16-,17+,20-,30-/m0/s1. The number of carbonyl (C=O) groups excluding carboxylic acids is 2. The van der Waals surface area contributed by atoms with Crippen molar-refractivity contribution in [3.63, 3.8) is 0 Å². The largest absolute Gasteiger partial charge is 0.495 e. The van der Waals surface area contributed by atoms with E-state index in [2.05, 4.69) is 28.1 Å². The normalized spacial score (nSPS) is 23.9. The maximum atomic E-state index is 13.6. The molecule has 0 amide bonds. The minimum absolute atomic E-state index is 0.0405. The van der Waals surface area contributed by atoms with Gasteiger partial charge in [-0.2, -0.15) is 0 Å². The van der Waals surface area contributed by atoms with E-state index in [0.29, 0.717) is 38.5 Å². The number of aliphatic hydroxyl groups excluding tert-OH is 1. The van der Waals surface area contributed by atoms with Gasteiger partial charge in [-0.05, 0) is 84.5 Å². The Kier molecular flexibility index (Phi) is 7.50. The molecular weight excluding hydrogens is 588 g/mol. The van der Waals surface area contributed by atoms with Gasteiger partial charge < -0.3 is 24.1 Å². The van der Waals surface area contributed by atoms with E-state index in [9.17, 15) is 14.7 Å². The number of esters is 2. The first-order chi connectivity index (χ1) is 18.5. The number of cyclic esters (lactones) is 1. The summed E-state index contributed by atoms with van der Waals surface area (Å²) in [5.74, 6) is 0.345. The topological polar surface area (TPSA) is 91.3 Å². The molecule has 1 N–H and O–H groups in total. The van der Waals surface area contributed by atoms with Crippen LogP contribution in [0.25, 0.3) is 0 Å². The fourth-order valence-corrected chi connectivity index (χ4v) is 6.74. The smallest absolute Gasteiger partial charge is 0.346 e. The summed E-state index contributed by atoms with van der Waals surface area (Å²) in [7, 11) is 1.43. The molecule has 1 saturated carbocycles. The summed E-state index contributed by atoms with van der Waals surface area (Å²) >= 11 is 10.3. The molecule has 9 heteroatoms. The van der Waals surface area contributed by atoms with Crippen molar-refractivity contribution in [1.29, 1.82) is 0 Å². The fraction of sp³-hybridized carbons (Fsp3) is 0.467. The van der Waals surface area contributed by atoms with E-state index in [1.807, 2.05) is 20.8 Å². The molecule has 1 aliphatic heterocycles. The van der Waals surface area contributed by atoms with Crippen LogP contribution in [0.4, 0.5) is 0 Å². The van der Waals surface area contributed by atoms with Crippen LogP contribution in [0.5, 0.6) is 23.0 Å². The van der Waals surface area contributed by atoms with Gasteiger partial charge in [0.05, 0.1) is 33.7 Å². The molecule has 1 heterocycles. The molecule has 4 atom stereocenters. The Balaban J connectivity index is 1.61. The fourth-order valence-electron chi connectivity index (χ4n) is 5.93. The van der Waals surface area contributed by atoms with E-state index in [4.69, 9.17) is 30.5 Å². The lowest BCUT2D eigenvalue weighted by Gasteiger charge is -2.30. The summed E-state index contributed by atoms with van der Waals surface area (Å²) in [6.07, 6.45) is 5.56. The SMILES string of the molecule is COc1c([C@@H](O)CC(C)C)ccc2c1C(=O)OCc1c(Cl)c(C)c(Br)c(OC(=O)[C@@]3(C)C[C@H]4C=C[C@@H]3C4)c1O2. The second-order valence-corrected chi connectivity index (χ2v) is 12.4. The number of allylic oxidation sites excluding steroid dienone is 2. The van der Waals surface area contributed by atoms with E-state index in [1.54, 1.807) is 19.1 Å². The number of rotatable bonds is 6. The molecule has 7 nitrogen and oxygen atoms in total. The molecule has 0 unspecified atom stereocenters. The number of hydrogen-bond donors (Lipinski definition) is 1. The van der Waals surface area contributed by atoms with Crippen molar-refractivity contribution < 1.29 is 33.6 Å². The molecule has 0 saturated heterocycles. The van der Waals surface area contributed by atoms with Gasteiger partial charge in [-0.1, -0.05) is 37.6 Å². The Morgan fingerprint density at radius 1 is 1.28 bits per heavy atom. The number of methoxy groups -OCH3 is 1. The molecule has 39 heavy (non-hydrogen) atoms. The van der Waals surface area contributed by atoms with E-state index in [0.717, 1.165) is 12.8 Å². The average Bonchev–Trinajstić information content (AvgIpc) is 3.48. The molecule has 2 aliphatic carbocycles. The molecule has 208 valence electrons. The number of halogens is 2. The summed E-state index contributed by atoms with van der Waals surface area (Å²) in [5.41, 5.74) is 0.856. The van der Waals surface area contributed by atoms with Crippen LogP contribution in [0.1, 0.15) is 73.2 Å². The zero-order valence-corrected chi connectivity index (χ0v) is 24.9. The predicted octanol–water partition coefficient (Wildman–Crippen LogP) is 7.47. The van der Waals surface area contributed by atoms with Crippen LogP contribution in [0.2, 0.25) is 5.02 Å². The highest BCUT2D eigenvalue weighted by molar-refractivity contribution is 9.10. The highest BCUT2D eigenvalue weighted by Gasteiger charge is 2.51. The van der Waals surface area contributed by atoms with Crippen LogP contribution >= 0.6 is 27.5 Å². The van der Waals surface area contributed by atoms with E-state index >= 15 is 0 Å². The highest BCUT2D eigenvalue weighted by Crippen LogP contribution is 2.55. The van der Waals surface area contributed by atoms with Crippen LogP contribution in [0.15, 0.2) is 28.8 Å². The number of ether oxygens (including phenoxy) is 4. The van der Waals surface area contributed by atoms with Crippen LogP contribution in [0, 0.1) is 30.1 Å². The molecule has 0 aromatic heterocycles. The summed E-state index contributed by atoms with van der Waals surface area (Å²) in [5, 5.41) is 11.2. The minimum Gasteiger partial charge on any atom is -0.495 e. The Labute approximate surface area is 241 Å². The lowest BCUT2D eigenvalue weighted by molar-refractivity contribution is -0.146. The first kappa shape index (κ1) is 28.0. The third-order valence-corrected chi connectivity index (χ3v) is 9.58. The van der Waals surface area contributed by atoms with Gasteiger partial charge >= 0.3 is 11.9 Å². The van der Waals surface area contributed by atoms with Crippen molar-refractivity contribution in [2.75, 3.05) is 7.11 Å². The third kappa shape index (κ3) is 4.74. The van der Waals surface area contributed by atoms with Gasteiger partial charge in [-0.25, -0.2) is 4.79 Å². The van der Waals surface area contributed by atoms with Gasteiger partial charge in [-0.15, -0.1) is 0 Å². The number of benzene rings is 2. The Hall–Kier alpha value is -2.55. The summed E-state index contributed by atoms with van der Waals surface area (Å²) in [6.45, 7) is 7.51. The average molecular weight is 620 g/mol. The summed E-state index contributed by atoms with van der Waals surface area (Å²) in [6, 6.07) is 3.25. The van der Waals surface area contributed by atoms with Crippen LogP contribution in [-0.2, 0) is 16.1 Å². The molecule has 5 rings (SSSR count). The Bertz CT molecular complexity index is 1380. The van der Waals surface area contributed by atoms with Gasteiger partial charge in [0, 0.05) is 5.56 Å². The first-order valence-electron chi connectivity index (χ1n) is 13.1. The number of aliphatic hydroxyl groups is 1. The van der Waals surface area contributed by atoms with Crippen LogP contribution < -0.4 is 14.2 Å². The lowest BCUT2D eigenvalue weighted by atomic mass is 9.78. The van der Waals surface area contributed by atoms with Gasteiger partial charge in [-0.3, -0.25) is 4.79 Å². The van der Waals surface area contributed by atoms with Gasteiger partial charge in [0.15, 0.2) is 11.5 Å². The zero-order chi connectivity index (χ0) is 28.2. The van der Waals surface area contributed by atoms with Crippen molar-refractivity contribution in [3.05, 3.63) is 56.0 Å². The van der Waals surface area contributed by atoms with Crippen molar-refractivity contribution in [3.8, 4) is 23.0 Å². The van der Waals surface area contributed by atoms with Crippen molar-refractivity contribution in [2.45, 2.75) is 59.7 Å². The van der Waals surface area contributed by atoms with Crippen molar-refractivity contribution in [2.24, 2.45) is 23.2 Å².